The standard InChI is InChI=1S/C22H19F3N4O2S.C3H3F3O/c1-9-17(26)12(7-14(28-9)22(23,24)25)11-4-5-27-13-6-10(32-18(11)13)8-29-19(30)15-16(20(29)31)21(15,2)3;1-2(7)3(4,5)6/h4-7,15-16H,8,26H2,1-3H3;7H,1H2. The number of halogens is 6. The van der Waals surface area contributed by atoms with E-state index in [4.69, 9.17) is 10.8 Å². The number of piperidine rings is 1. The molecule has 7 nitrogen and oxygen atoms in total. The third-order valence-electron chi connectivity index (χ3n) is 6.83. The molecule has 0 aromatic carbocycles. The van der Waals surface area contributed by atoms with Crippen LogP contribution in [0.5, 0.6) is 0 Å². The van der Waals surface area contributed by atoms with E-state index < -0.39 is 23.8 Å². The summed E-state index contributed by atoms with van der Waals surface area (Å²) >= 11 is 1.29. The Hall–Kier alpha value is -3.68. The number of anilines is 1. The van der Waals surface area contributed by atoms with E-state index in [1.54, 1.807) is 12.1 Å². The molecule has 14 heteroatoms. The number of aliphatic hydroxyl groups is 1. The number of fused-ring (bicyclic) bond motifs is 2. The molecule has 3 N–H and O–H groups in total. The first-order valence-electron chi connectivity index (χ1n) is 11.4. The molecule has 0 bridgehead atoms. The molecular formula is C25H22F6N4O3S. The number of likely N-dealkylation sites (tertiary alicyclic amines) is 1. The van der Waals surface area contributed by atoms with Gasteiger partial charge in [-0.05, 0) is 30.5 Å². The molecule has 0 spiro atoms. The van der Waals surface area contributed by atoms with Crippen LogP contribution in [0.2, 0.25) is 0 Å². The maximum atomic E-state index is 13.3. The van der Waals surface area contributed by atoms with Crippen LogP contribution in [0.1, 0.15) is 30.1 Å². The summed E-state index contributed by atoms with van der Waals surface area (Å²) < 4.78 is 73.1. The van der Waals surface area contributed by atoms with Gasteiger partial charge >= 0.3 is 12.4 Å². The zero-order chi connectivity index (χ0) is 29.2. The van der Waals surface area contributed by atoms with Gasteiger partial charge in [0.2, 0.25) is 11.8 Å². The minimum atomic E-state index is -4.64. The number of hydrogen-bond acceptors (Lipinski definition) is 7. The molecule has 1 saturated heterocycles. The van der Waals surface area contributed by atoms with Gasteiger partial charge in [-0.1, -0.05) is 20.4 Å². The van der Waals surface area contributed by atoms with Crippen LogP contribution in [-0.2, 0) is 22.3 Å². The van der Waals surface area contributed by atoms with Crippen LogP contribution in [0.4, 0.5) is 32.0 Å². The van der Waals surface area contributed by atoms with E-state index in [1.807, 2.05) is 13.8 Å². The summed E-state index contributed by atoms with van der Waals surface area (Å²) in [5.74, 6) is -2.62. The number of hydrogen-bond donors (Lipinski definition) is 2. The number of nitrogen functional groups attached to an aromatic ring is 1. The van der Waals surface area contributed by atoms with Gasteiger partial charge in [-0.25, -0.2) is 4.98 Å². The minimum absolute atomic E-state index is 0.0895. The van der Waals surface area contributed by atoms with Crippen molar-refractivity contribution in [3.8, 4) is 11.1 Å². The number of imide groups is 1. The van der Waals surface area contributed by atoms with Crippen LogP contribution >= 0.6 is 11.3 Å². The van der Waals surface area contributed by atoms with E-state index in [2.05, 4.69) is 16.5 Å². The zero-order valence-electron chi connectivity index (χ0n) is 20.7. The molecule has 208 valence electrons. The average Bonchev–Trinajstić information content (AvgIpc) is 3.06. The lowest BCUT2D eigenvalue weighted by Crippen LogP contribution is -2.35. The van der Waals surface area contributed by atoms with Gasteiger partial charge < -0.3 is 10.8 Å². The number of pyridine rings is 2. The van der Waals surface area contributed by atoms with Crippen molar-refractivity contribution in [1.29, 1.82) is 0 Å². The maximum absolute atomic E-state index is 13.3. The summed E-state index contributed by atoms with van der Waals surface area (Å²) in [7, 11) is 0. The predicted octanol–water partition coefficient (Wildman–Crippen LogP) is 6.03. The summed E-state index contributed by atoms with van der Waals surface area (Å²) in [6.45, 7) is 7.65. The molecule has 39 heavy (non-hydrogen) atoms. The smallest absolute Gasteiger partial charge is 0.448 e. The fraction of sp³-hybridized carbons (Fsp3) is 0.360. The summed E-state index contributed by atoms with van der Waals surface area (Å²) in [5, 5.41) is 7.57. The molecule has 2 amide bonds. The third-order valence-corrected chi connectivity index (χ3v) is 7.97. The van der Waals surface area contributed by atoms with Crippen molar-refractivity contribution in [3.63, 3.8) is 0 Å². The number of allylic oxidation sites excluding steroid dienone is 1. The van der Waals surface area contributed by atoms with E-state index in [0.29, 0.717) is 15.8 Å². The van der Waals surface area contributed by atoms with Crippen molar-refractivity contribution < 1.29 is 41.0 Å². The lowest BCUT2D eigenvalue weighted by Gasteiger charge is -2.19. The lowest BCUT2D eigenvalue weighted by atomic mass is 10.0. The lowest BCUT2D eigenvalue weighted by molar-refractivity contribution is -0.144. The predicted molar refractivity (Wildman–Crippen MR) is 131 cm³/mol. The quantitative estimate of drug-likeness (QED) is 0.225. The molecule has 4 heterocycles. The van der Waals surface area contributed by atoms with Crippen LogP contribution in [0.3, 0.4) is 0 Å². The number of carbonyl (C=O) groups excluding carboxylic acids is 2. The SMILES string of the molecule is C=C(O)C(F)(F)F.Cc1nc(C(F)(F)F)cc(-c2ccnc3cc(CN4C(=O)C5C(C4=O)C5(C)C)sc23)c1N. The number of thiophene rings is 1. The molecule has 3 aromatic heterocycles. The highest BCUT2D eigenvalue weighted by atomic mass is 32.1. The third kappa shape index (κ3) is 5.04. The van der Waals surface area contributed by atoms with E-state index in [-0.39, 0.29) is 52.6 Å². The summed E-state index contributed by atoms with van der Waals surface area (Å²) in [6.07, 6.45) is -7.74. The van der Waals surface area contributed by atoms with Crippen LogP contribution in [0.15, 0.2) is 36.7 Å². The van der Waals surface area contributed by atoms with Gasteiger partial charge in [-0.3, -0.25) is 19.5 Å². The first-order valence-corrected chi connectivity index (χ1v) is 12.2. The number of alkyl halides is 6. The van der Waals surface area contributed by atoms with E-state index >= 15 is 0 Å². The number of aromatic nitrogens is 2. The second-order valence-corrected chi connectivity index (χ2v) is 11.0. The number of carbonyl (C=O) groups is 2. The van der Waals surface area contributed by atoms with Gasteiger partial charge in [-0.15, -0.1) is 11.3 Å². The Balaban J connectivity index is 0.000000448. The number of nitrogens with two attached hydrogens (primary N) is 1. The number of rotatable bonds is 3. The highest BCUT2D eigenvalue weighted by Crippen LogP contribution is 2.63. The van der Waals surface area contributed by atoms with Gasteiger partial charge in [0.05, 0.1) is 40.0 Å². The normalized spacial score (nSPS) is 20.1. The van der Waals surface area contributed by atoms with Crippen LogP contribution in [0, 0.1) is 24.2 Å². The topological polar surface area (TPSA) is 109 Å². The van der Waals surface area contributed by atoms with Crippen molar-refractivity contribution in [2.45, 2.75) is 39.7 Å². The van der Waals surface area contributed by atoms with Crippen LogP contribution in [-0.4, -0.2) is 38.0 Å². The Morgan fingerprint density at radius 2 is 1.69 bits per heavy atom. The van der Waals surface area contributed by atoms with Gasteiger partial charge in [0, 0.05) is 22.2 Å². The molecular weight excluding hydrogens is 550 g/mol. The van der Waals surface area contributed by atoms with Crippen LogP contribution in [0.25, 0.3) is 21.3 Å². The van der Waals surface area contributed by atoms with Gasteiger partial charge in [0.15, 0.2) is 5.76 Å². The molecule has 2 fully saturated rings. The summed E-state index contributed by atoms with van der Waals surface area (Å²) in [4.78, 5) is 35.2. The van der Waals surface area contributed by atoms with Crippen molar-refractivity contribution in [2.75, 3.05) is 5.73 Å². The maximum Gasteiger partial charge on any atom is 0.448 e. The fourth-order valence-corrected chi connectivity index (χ4v) is 5.77. The Bertz CT molecular complexity index is 1490. The van der Waals surface area contributed by atoms with E-state index in [1.165, 1.54) is 29.4 Å². The fourth-order valence-electron chi connectivity index (χ4n) is 4.64. The number of amides is 2. The summed E-state index contributed by atoms with van der Waals surface area (Å²) in [6, 6.07) is 4.31. The molecule has 0 radical (unpaired) electrons. The molecule has 1 saturated carbocycles. The second kappa shape index (κ2) is 9.21. The van der Waals surface area contributed by atoms with E-state index in [9.17, 15) is 35.9 Å². The molecule has 2 atom stereocenters. The number of nitrogens with zero attached hydrogens (tertiary/aromatic N) is 3. The van der Waals surface area contributed by atoms with Crippen molar-refractivity contribution in [2.24, 2.45) is 17.3 Å². The first-order chi connectivity index (χ1) is 17.9. The van der Waals surface area contributed by atoms with Crippen molar-refractivity contribution >= 4 is 39.1 Å². The minimum Gasteiger partial charge on any atom is -0.505 e. The molecule has 1 aliphatic carbocycles. The second-order valence-electron chi connectivity index (χ2n) is 9.82. The van der Waals surface area contributed by atoms with Crippen molar-refractivity contribution in [3.05, 3.63) is 53.0 Å². The first kappa shape index (κ1) is 28.3. The Labute approximate surface area is 222 Å². The molecule has 2 unspecified atom stereocenters. The van der Waals surface area contributed by atoms with Gasteiger partial charge in [0.1, 0.15) is 5.69 Å². The molecule has 3 aromatic rings. The monoisotopic (exact) mass is 572 g/mol. The zero-order valence-corrected chi connectivity index (χ0v) is 21.6. The van der Waals surface area contributed by atoms with Crippen LogP contribution < -0.4 is 5.73 Å². The summed E-state index contributed by atoms with van der Waals surface area (Å²) in [5.41, 5.74) is 6.33. The molecule has 5 rings (SSSR count). The number of aliphatic hydroxyl groups excluding tert-OH is 1. The average molecular weight is 573 g/mol. The molecule has 1 aliphatic heterocycles. The van der Waals surface area contributed by atoms with Gasteiger partial charge in [0.25, 0.3) is 0 Å². The Morgan fingerprint density at radius 3 is 2.21 bits per heavy atom. The number of aryl methyl sites for hydroxylation is 1. The Morgan fingerprint density at radius 1 is 1.13 bits per heavy atom. The van der Waals surface area contributed by atoms with Gasteiger partial charge in [-0.2, -0.15) is 26.3 Å². The highest BCUT2D eigenvalue weighted by molar-refractivity contribution is 7.19. The van der Waals surface area contributed by atoms with E-state index in [0.717, 1.165) is 10.9 Å². The molecule has 2 aliphatic rings. The van der Waals surface area contributed by atoms with Crippen molar-refractivity contribution in [1.82, 2.24) is 14.9 Å². The largest absolute Gasteiger partial charge is 0.505 e. The Kier molecular flexibility index (Phi) is 6.69. The highest BCUT2D eigenvalue weighted by Gasteiger charge is 2.72.